The van der Waals surface area contributed by atoms with Crippen molar-refractivity contribution in [3.05, 3.63) is 95.6 Å². The van der Waals surface area contributed by atoms with E-state index < -0.39 is 10.0 Å². The predicted octanol–water partition coefficient (Wildman–Crippen LogP) is 4.49. The molecule has 184 valence electrons. The van der Waals surface area contributed by atoms with Crippen molar-refractivity contribution in [3.8, 4) is 0 Å². The van der Waals surface area contributed by atoms with Crippen LogP contribution in [0, 0.1) is 6.92 Å². The van der Waals surface area contributed by atoms with Gasteiger partial charge in [-0.1, -0.05) is 67.1 Å². The van der Waals surface area contributed by atoms with Crippen molar-refractivity contribution in [2.45, 2.75) is 44.2 Å². The zero-order chi connectivity index (χ0) is 24.7. The summed E-state index contributed by atoms with van der Waals surface area (Å²) in [6, 6.07) is 23.6. The standard InChI is InChI=1S/C28H33N3O3S/c1-23-12-6-9-17-27(23)31(35(33,34)26-15-4-2-5-16-26)22-28(32)29-20-24-13-7-8-14-25(24)21-30-18-10-3-11-19-30/h2,4-9,12-17H,3,10-11,18-22H2,1H3,(H,29,32). The maximum atomic E-state index is 13.5. The van der Waals surface area contributed by atoms with Gasteiger partial charge in [0.1, 0.15) is 6.54 Å². The molecule has 4 rings (SSSR count). The van der Waals surface area contributed by atoms with Gasteiger partial charge in [-0.3, -0.25) is 14.0 Å². The molecule has 7 heteroatoms. The first-order chi connectivity index (χ1) is 16.9. The van der Waals surface area contributed by atoms with Gasteiger partial charge >= 0.3 is 0 Å². The second-order valence-electron chi connectivity index (χ2n) is 8.99. The number of hydrogen-bond acceptors (Lipinski definition) is 4. The molecule has 35 heavy (non-hydrogen) atoms. The van der Waals surface area contributed by atoms with Crippen molar-refractivity contribution < 1.29 is 13.2 Å². The number of likely N-dealkylation sites (tertiary alicyclic amines) is 1. The summed E-state index contributed by atoms with van der Waals surface area (Å²) in [6.07, 6.45) is 3.74. The molecular formula is C28H33N3O3S. The lowest BCUT2D eigenvalue weighted by atomic mass is 10.0. The Bertz CT molecular complexity index is 1240. The monoisotopic (exact) mass is 491 g/mol. The summed E-state index contributed by atoms with van der Waals surface area (Å²) in [7, 11) is -3.92. The quantitative estimate of drug-likeness (QED) is 0.479. The lowest BCUT2D eigenvalue weighted by Gasteiger charge is -2.27. The summed E-state index contributed by atoms with van der Waals surface area (Å²) in [5.74, 6) is -0.347. The van der Waals surface area contributed by atoms with Crippen LogP contribution in [0.3, 0.4) is 0 Å². The number of benzene rings is 3. The molecule has 6 nitrogen and oxygen atoms in total. The zero-order valence-electron chi connectivity index (χ0n) is 20.2. The van der Waals surface area contributed by atoms with E-state index in [1.807, 2.05) is 37.3 Å². The van der Waals surface area contributed by atoms with Crippen LogP contribution in [0.1, 0.15) is 36.0 Å². The summed E-state index contributed by atoms with van der Waals surface area (Å²) in [6.45, 7) is 4.97. The van der Waals surface area contributed by atoms with Crippen LogP contribution in [0.25, 0.3) is 0 Å². The van der Waals surface area contributed by atoms with Crippen molar-refractivity contribution in [2.24, 2.45) is 0 Å². The van der Waals surface area contributed by atoms with E-state index in [1.165, 1.54) is 29.1 Å². The molecule has 0 aromatic heterocycles. The molecule has 1 aliphatic rings. The molecule has 0 spiro atoms. The van der Waals surface area contributed by atoms with E-state index in [1.54, 1.807) is 42.5 Å². The number of carbonyl (C=O) groups excluding carboxylic acids is 1. The van der Waals surface area contributed by atoms with Gasteiger partial charge in [0.2, 0.25) is 5.91 Å². The number of aryl methyl sites for hydroxylation is 1. The number of para-hydroxylation sites is 1. The van der Waals surface area contributed by atoms with Crippen molar-refractivity contribution >= 4 is 21.6 Å². The van der Waals surface area contributed by atoms with Crippen LogP contribution in [-0.2, 0) is 27.9 Å². The smallest absolute Gasteiger partial charge is 0.264 e. The normalized spacial score (nSPS) is 14.4. The Morgan fingerprint density at radius 3 is 2.20 bits per heavy atom. The van der Waals surface area contributed by atoms with Gasteiger partial charge in [-0.05, 0) is 67.7 Å². The second kappa shape index (κ2) is 11.5. The molecule has 0 atom stereocenters. The lowest BCUT2D eigenvalue weighted by molar-refractivity contribution is -0.119. The molecule has 0 radical (unpaired) electrons. The molecule has 3 aromatic rings. The van der Waals surface area contributed by atoms with Gasteiger partial charge in [0.15, 0.2) is 0 Å². The third-order valence-electron chi connectivity index (χ3n) is 6.44. The molecule has 0 bridgehead atoms. The van der Waals surface area contributed by atoms with Crippen LogP contribution in [0.4, 0.5) is 5.69 Å². The number of sulfonamides is 1. The highest BCUT2D eigenvalue weighted by molar-refractivity contribution is 7.92. The SMILES string of the molecule is Cc1ccccc1N(CC(=O)NCc1ccccc1CN1CCCCC1)S(=O)(=O)c1ccccc1. The number of hydrogen-bond donors (Lipinski definition) is 1. The number of rotatable bonds is 9. The summed E-state index contributed by atoms with van der Waals surface area (Å²) in [5, 5.41) is 2.96. The molecule has 1 fully saturated rings. The van der Waals surface area contributed by atoms with Gasteiger partial charge in [-0.2, -0.15) is 0 Å². The van der Waals surface area contributed by atoms with Gasteiger partial charge < -0.3 is 5.32 Å². The van der Waals surface area contributed by atoms with E-state index >= 15 is 0 Å². The first kappa shape index (κ1) is 24.9. The van der Waals surface area contributed by atoms with Gasteiger partial charge in [0.25, 0.3) is 10.0 Å². The third-order valence-corrected chi connectivity index (χ3v) is 8.21. The Hall–Kier alpha value is -3.16. The topological polar surface area (TPSA) is 69.7 Å². The highest BCUT2D eigenvalue weighted by Crippen LogP contribution is 2.26. The third kappa shape index (κ3) is 6.29. The average molecular weight is 492 g/mol. The number of carbonyl (C=O) groups is 1. The fourth-order valence-corrected chi connectivity index (χ4v) is 5.99. The van der Waals surface area contributed by atoms with Crippen LogP contribution >= 0.6 is 0 Å². The predicted molar refractivity (Wildman–Crippen MR) is 140 cm³/mol. The lowest BCUT2D eigenvalue weighted by Crippen LogP contribution is -2.41. The van der Waals surface area contributed by atoms with Gasteiger partial charge in [-0.15, -0.1) is 0 Å². The van der Waals surface area contributed by atoms with E-state index in [2.05, 4.69) is 16.3 Å². The molecule has 0 saturated carbocycles. The molecule has 1 heterocycles. The fourth-order valence-electron chi connectivity index (χ4n) is 4.49. The number of piperidine rings is 1. The first-order valence-electron chi connectivity index (χ1n) is 12.1. The van der Waals surface area contributed by atoms with E-state index in [9.17, 15) is 13.2 Å². The second-order valence-corrected chi connectivity index (χ2v) is 10.9. The summed E-state index contributed by atoms with van der Waals surface area (Å²) in [5.41, 5.74) is 3.53. The Kier molecular flexibility index (Phi) is 8.21. The number of nitrogens with one attached hydrogen (secondary N) is 1. The minimum Gasteiger partial charge on any atom is -0.350 e. The Labute approximate surface area is 208 Å². The highest BCUT2D eigenvalue weighted by atomic mass is 32.2. The van der Waals surface area contributed by atoms with Crippen LogP contribution in [0.2, 0.25) is 0 Å². The highest BCUT2D eigenvalue weighted by Gasteiger charge is 2.28. The Balaban J connectivity index is 1.50. The molecule has 3 aromatic carbocycles. The zero-order valence-corrected chi connectivity index (χ0v) is 21.0. The van der Waals surface area contributed by atoms with E-state index in [-0.39, 0.29) is 17.3 Å². The Morgan fingerprint density at radius 2 is 1.49 bits per heavy atom. The van der Waals surface area contributed by atoms with E-state index in [4.69, 9.17) is 0 Å². The van der Waals surface area contributed by atoms with Crippen molar-refractivity contribution in [3.63, 3.8) is 0 Å². The van der Waals surface area contributed by atoms with Gasteiger partial charge in [0, 0.05) is 13.1 Å². The van der Waals surface area contributed by atoms with Gasteiger partial charge in [-0.25, -0.2) is 8.42 Å². The number of anilines is 1. The molecule has 1 N–H and O–H groups in total. The van der Waals surface area contributed by atoms with Crippen LogP contribution in [-0.4, -0.2) is 38.9 Å². The van der Waals surface area contributed by atoms with Crippen LogP contribution in [0.15, 0.2) is 83.8 Å². The average Bonchev–Trinajstić information content (AvgIpc) is 2.88. The first-order valence-corrected chi connectivity index (χ1v) is 13.6. The van der Waals surface area contributed by atoms with Gasteiger partial charge in [0.05, 0.1) is 10.6 Å². The minimum atomic E-state index is -3.92. The Morgan fingerprint density at radius 1 is 0.857 bits per heavy atom. The molecule has 1 aliphatic heterocycles. The van der Waals surface area contributed by atoms with Crippen LogP contribution in [0.5, 0.6) is 0 Å². The van der Waals surface area contributed by atoms with E-state index in [0.29, 0.717) is 12.2 Å². The molecule has 0 aliphatic carbocycles. The fraction of sp³-hybridized carbons (Fsp3) is 0.321. The molecule has 0 unspecified atom stereocenters. The minimum absolute atomic E-state index is 0.155. The molecular weight excluding hydrogens is 458 g/mol. The van der Waals surface area contributed by atoms with Crippen molar-refractivity contribution in [1.29, 1.82) is 0 Å². The molecule has 1 amide bonds. The maximum absolute atomic E-state index is 13.5. The van der Waals surface area contributed by atoms with Crippen LogP contribution < -0.4 is 9.62 Å². The molecule has 1 saturated heterocycles. The summed E-state index contributed by atoms with van der Waals surface area (Å²) < 4.78 is 28.2. The summed E-state index contributed by atoms with van der Waals surface area (Å²) in [4.78, 5) is 15.7. The van der Waals surface area contributed by atoms with Crippen molar-refractivity contribution in [1.82, 2.24) is 10.2 Å². The number of amides is 1. The van der Waals surface area contributed by atoms with Crippen molar-refractivity contribution in [2.75, 3.05) is 23.9 Å². The largest absolute Gasteiger partial charge is 0.350 e. The summed E-state index contributed by atoms with van der Waals surface area (Å²) >= 11 is 0. The number of nitrogens with zero attached hydrogens (tertiary/aromatic N) is 2. The van der Waals surface area contributed by atoms with E-state index in [0.717, 1.165) is 30.8 Å². The maximum Gasteiger partial charge on any atom is 0.264 e.